The Bertz CT molecular complexity index is 510. The Morgan fingerprint density at radius 2 is 2.00 bits per heavy atom. The van der Waals surface area contributed by atoms with E-state index in [0.29, 0.717) is 23.9 Å². The van der Waals surface area contributed by atoms with Gasteiger partial charge in [0.05, 0.1) is 0 Å². The maximum absolute atomic E-state index is 12.4. The minimum atomic E-state index is -0.252. The van der Waals surface area contributed by atoms with Crippen molar-refractivity contribution >= 4 is 5.91 Å². The van der Waals surface area contributed by atoms with Gasteiger partial charge in [-0.1, -0.05) is 32.3 Å². The monoisotopic (exact) mass is 339 g/mol. The SMILES string of the molecule is CCCCNC(C)C(CC)(CC)CNC(=O)c1noc(CO)c1C. The molecule has 1 heterocycles. The van der Waals surface area contributed by atoms with Gasteiger partial charge in [-0.25, -0.2) is 0 Å². The van der Waals surface area contributed by atoms with Gasteiger partial charge in [0.25, 0.3) is 5.91 Å². The van der Waals surface area contributed by atoms with E-state index in [1.54, 1.807) is 6.92 Å². The van der Waals surface area contributed by atoms with Crippen LogP contribution in [0.25, 0.3) is 0 Å². The van der Waals surface area contributed by atoms with Gasteiger partial charge in [-0.05, 0) is 39.7 Å². The van der Waals surface area contributed by atoms with Crippen LogP contribution in [0, 0.1) is 12.3 Å². The fourth-order valence-corrected chi connectivity index (χ4v) is 3.05. The standard InChI is InChI=1S/C18H33N3O3/c1-6-9-10-19-14(5)18(7-2,8-3)12-20-17(23)16-13(4)15(11-22)24-21-16/h14,19,22H,6-12H2,1-5H3,(H,20,23). The number of unbranched alkanes of at least 4 members (excludes halogenated alkanes) is 1. The maximum Gasteiger partial charge on any atom is 0.273 e. The molecule has 0 aromatic carbocycles. The second-order valence-corrected chi connectivity index (χ2v) is 6.52. The number of hydrogen-bond acceptors (Lipinski definition) is 5. The number of nitrogens with zero attached hydrogens (tertiary/aromatic N) is 1. The van der Waals surface area contributed by atoms with Crippen LogP contribution in [0.2, 0.25) is 0 Å². The van der Waals surface area contributed by atoms with Gasteiger partial charge in [0, 0.05) is 23.6 Å². The third-order valence-electron chi connectivity index (χ3n) is 5.29. The van der Waals surface area contributed by atoms with Crippen LogP contribution in [0.3, 0.4) is 0 Å². The summed E-state index contributed by atoms with van der Waals surface area (Å²) in [6, 6.07) is 0.311. The molecule has 1 atom stereocenters. The van der Waals surface area contributed by atoms with Gasteiger partial charge in [-0.15, -0.1) is 0 Å². The molecule has 0 bridgehead atoms. The van der Waals surface area contributed by atoms with E-state index in [9.17, 15) is 4.79 Å². The van der Waals surface area contributed by atoms with Gasteiger partial charge in [-0.3, -0.25) is 4.79 Å². The van der Waals surface area contributed by atoms with Gasteiger partial charge in [0.1, 0.15) is 6.61 Å². The summed E-state index contributed by atoms with van der Waals surface area (Å²) < 4.78 is 4.99. The van der Waals surface area contributed by atoms with E-state index in [1.165, 1.54) is 6.42 Å². The van der Waals surface area contributed by atoms with Crippen LogP contribution in [-0.2, 0) is 6.61 Å². The first-order valence-corrected chi connectivity index (χ1v) is 9.03. The summed E-state index contributed by atoms with van der Waals surface area (Å²) in [7, 11) is 0. The highest BCUT2D eigenvalue weighted by molar-refractivity contribution is 5.93. The molecule has 3 N–H and O–H groups in total. The first-order chi connectivity index (χ1) is 11.5. The van der Waals surface area contributed by atoms with Crippen molar-refractivity contribution in [2.75, 3.05) is 13.1 Å². The maximum atomic E-state index is 12.4. The molecule has 138 valence electrons. The topological polar surface area (TPSA) is 87.4 Å². The summed E-state index contributed by atoms with van der Waals surface area (Å²) in [6.45, 7) is 11.8. The zero-order valence-electron chi connectivity index (χ0n) is 15.7. The first kappa shape index (κ1) is 20.6. The fourth-order valence-electron chi connectivity index (χ4n) is 3.05. The van der Waals surface area contributed by atoms with Gasteiger partial charge >= 0.3 is 0 Å². The highest BCUT2D eigenvalue weighted by atomic mass is 16.5. The summed E-state index contributed by atoms with van der Waals surface area (Å²) in [5.74, 6) is 0.0926. The van der Waals surface area contributed by atoms with Gasteiger partial charge in [0.15, 0.2) is 11.5 Å². The summed E-state index contributed by atoms with van der Waals surface area (Å²) in [4.78, 5) is 12.4. The molecular weight excluding hydrogens is 306 g/mol. The summed E-state index contributed by atoms with van der Waals surface area (Å²) in [5.41, 5.74) is 0.857. The highest BCUT2D eigenvalue weighted by Gasteiger charge is 2.33. The molecular formula is C18H33N3O3. The lowest BCUT2D eigenvalue weighted by Crippen LogP contribution is -2.50. The van der Waals surface area contributed by atoms with Crippen molar-refractivity contribution in [3.63, 3.8) is 0 Å². The first-order valence-electron chi connectivity index (χ1n) is 9.03. The largest absolute Gasteiger partial charge is 0.388 e. The molecule has 1 unspecified atom stereocenters. The number of rotatable bonds is 11. The zero-order valence-corrected chi connectivity index (χ0v) is 15.7. The molecule has 0 aliphatic rings. The Hall–Kier alpha value is -1.40. The fraction of sp³-hybridized carbons (Fsp3) is 0.778. The smallest absolute Gasteiger partial charge is 0.273 e. The second kappa shape index (κ2) is 9.79. The van der Waals surface area contributed by atoms with Gasteiger partial charge in [0.2, 0.25) is 0 Å². The molecule has 0 saturated carbocycles. The van der Waals surface area contributed by atoms with Gasteiger partial charge < -0.3 is 20.3 Å². The van der Waals surface area contributed by atoms with E-state index in [0.717, 1.165) is 25.8 Å². The van der Waals surface area contributed by atoms with E-state index in [-0.39, 0.29) is 23.6 Å². The van der Waals surface area contributed by atoms with Gasteiger partial charge in [-0.2, -0.15) is 0 Å². The van der Waals surface area contributed by atoms with Crippen LogP contribution in [0.4, 0.5) is 0 Å². The predicted octanol–water partition coefficient (Wildman–Crippen LogP) is 2.79. The van der Waals surface area contributed by atoms with Crippen LogP contribution < -0.4 is 10.6 Å². The molecule has 0 radical (unpaired) electrons. The van der Waals surface area contributed by atoms with E-state index < -0.39 is 0 Å². The van der Waals surface area contributed by atoms with Crippen molar-refractivity contribution in [2.24, 2.45) is 5.41 Å². The number of carbonyl (C=O) groups is 1. The second-order valence-electron chi connectivity index (χ2n) is 6.52. The van der Waals surface area contributed by atoms with Crippen LogP contribution in [-0.4, -0.2) is 35.3 Å². The summed E-state index contributed by atoms with van der Waals surface area (Å²) in [6.07, 6.45) is 4.27. The third kappa shape index (κ3) is 4.80. The number of amides is 1. The number of aliphatic hydroxyl groups excluding tert-OH is 1. The Morgan fingerprint density at radius 1 is 1.33 bits per heavy atom. The summed E-state index contributed by atoms with van der Waals surface area (Å²) >= 11 is 0. The Labute approximate surface area is 145 Å². The Balaban J connectivity index is 2.74. The molecule has 6 nitrogen and oxygen atoms in total. The van der Waals surface area contributed by atoms with Crippen molar-refractivity contribution < 1.29 is 14.4 Å². The van der Waals surface area contributed by atoms with E-state index in [2.05, 4.69) is 43.5 Å². The molecule has 0 aliphatic heterocycles. The molecule has 0 spiro atoms. The highest BCUT2D eigenvalue weighted by Crippen LogP contribution is 2.30. The number of aromatic nitrogens is 1. The van der Waals surface area contributed by atoms with Crippen molar-refractivity contribution in [1.29, 1.82) is 0 Å². The minimum Gasteiger partial charge on any atom is -0.388 e. The van der Waals surface area contributed by atoms with Crippen LogP contribution in [0.5, 0.6) is 0 Å². The third-order valence-corrected chi connectivity index (χ3v) is 5.29. The molecule has 1 rings (SSSR count). The molecule has 0 aliphatic carbocycles. The molecule has 1 aromatic heterocycles. The molecule has 24 heavy (non-hydrogen) atoms. The van der Waals surface area contributed by atoms with Crippen LogP contribution >= 0.6 is 0 Å². The molecule has 0 fully saturated rings. The van der Waals surface area contributed by atoms with Crippen molar-refractivity contribution in [2.45, 2.75) is 73.0 Å². The van der Waals surface area contributed by atoms with Crippen molar-refractivity contribution in [3.8, 4) is 0 Å². The minimum absolute atomic E-state index is 0.000844. The average Bonchev–Trinajstić information content (AvgIpc) is 2.97. The average molecular weight is 339 g/mol. The van der Waals surface area contributed by atoms with Crippen LogP contribution in [0.15, 0.2) is 4.52 Å². The Morgan fingerprint density at radius 3 is 2.50 bits per heavy atom. The lowest BCUT2D eigenvalue weighted by Gasteiger charge is -2.38. The Kier molecular flexibility index (Phi) is 8.42. The molecule has 1 aromatic rings. The van der Waals surface area contributed by atoms with Crippen molar-refractivity contribution in [3.05, 3.63) is 17.0 Å². The number of nitrogens with one attached hydrogen (secondary N) is 2. The van der Waals surface area contributed by atoms with E-state index >= 15 is 0 Å². The summed E-state index contributed by atoms with van der Waals surface area (Å²) in [5, 5.41) is 19.5. The van der Waals surface area contributed by atoms with Crippen molar-refractivity contribution in [1.82, 2.24) is 15.8 Å². The number of aliphatic hydroxyl groups is 1. The van der Waals surface area contributed by atoms with E-state index in [1.807, 2.05) is 0 Å². The molecule has 1 amide bonds. The normalized spacial score (nSPS) is 13.1. The molecule has 6 heteroatoms. The molecule has 0 saturated heterocycles. The van der Waals surface area contributed by atoms with E-state index in [4.69, 9.17) is 9.63 Å². The zero-order chi connectivity index (χ0) is 18.2. The quantitative estimate of drug-likeness (QED) is 0.540. The number of carbonyl (C=O) groups excluding carboxylic acids is 1. The predicted molar refractivity (Wildman–Crippen MR) is 94.9 cm³/mol. The lowest BCUT2D eigenvalue weighted by molar-refractivity contribution is 0.0896. The van der Waals surface area contributed by atoms with Crippen LogP contribution in [0.1, 0.15) is 75.2 Å². The number of hydrogen-bond donors (Lipinski definition) is 3. The lowest BCUT2D eigenvalue weighted by atomic mass is 9.76.